The number of rotatable bonds is 10. The number of carbonyl (C=O) groups excluding carboxylic acids is 1. The summed E-state index contributed by atoms with van der Waals surface area (Å²) in [5.74, 6) is 1.27. The summed E-state index contributed by atoms with van der Waals surface area (Å²) >= 11 is 5.69. The van der Waals surface area contributed by atoms with E-state index < -0.39 is 5.24 Å². The van der Waals surface area contributed by atoms with Gasteiger partial charge in [0.15, 0.2) is 11.5 Å². The summed E-state index contributed by atoms with van der Waals surface area (Å²) in [5, 5.41) is -0.618. The van der Waals surface area contributed by atoms with E-state index in [1.54, 1.807) is 13.2 Å². The molecule has 0 aliphatic heterocycles. The van der Waals surface area contributed by atoms with Crippen molar-refractivity contribution in [1.82, 2.24) is 0 Å². The molecule has 0 saturated heterocycles. The zero-order valence-electron chi connectivity index (χ0n) is 14.3. The first-order valence-corrected chi connectivity index (χ1v) is 8.23. The van der Waals surface area contributed by atoms with Gasteiger partial charge in [0.25, 0.3) is 5.24 Å². The monoisotopic (exact) mass is 364 g/mol. The maximum Gasteiger partial charge on any atom is 0.256 e. The Labute approximate surface area is 152 Å². The standard InChI is InChI=1S/C19H21ClO5/c1-22-9-6-10-24-18-12-16(15(19(20)21)11-17(18)23-2)25-13-14-7-4-3-5-8-14/h3-5,7-8,11-12H,6,9-10,13H2,1-2H3. The molecule has 134 valence electrons. The Morgan fingerprint density at radius 2 is 1.72 bits per heavy atom. The molecule has 0 amide bonds. The second-order valence-corrected chi connectivity index (χ2v) is 5.59. The third kappa shape index (κ3) is 5.66. The van der Waals surface area contributed by atoms with Gasteiger partial charge < -0.3 is 18.9 Å². The van der Waals surface area contributed by atoms with Crippen LogP contribution in [0.4, 0.5) is 0 Å². The van der Waals surface area contributed by atoms with Gasteiger partial charge in [-0.05, 0) is 23.2 Å². The fourth-order valence-corrected chi connectivity index (χ4v) is 2.36. The third-order valence-corrected chi connectivity index (χ3v) is 3.67. The molecule has 5 nitrogen and oxygen atoms in total. The van der Waals surface area contributed by atoms with E-state index in [0.717, 1.165) is 12.0 Å². The molecular formula is C19H21ClO5. The molecule has 0 N–H and O–H groups in total. The van der Waals surface area contributed by atoms with Crippen LogP contribution in [0.25, 0.3) is 0 Å². The number of methoxy groups -OCH3 is 2. The molecule has 2 rings (SSSR count). The molecule has 2 aromatic rings. The Morgan fingerprint density at radius 3 is 2.36 bits per heavy atom. The van der Waals surface area contributed by atoms with Crippen molar-refractivity contribution >= 4 is 16.8 Å². The first-order chi connectivity index (χ1) is 12.2. The van der Waals surface area contributed by atoms with Gasteiger partial charge in [0, 0.05) is 26.2 Å². The van der Waals surface area contributed by atoms with Gasteiger partial charge in [-0.15, -0.1) is 0 Å². The normalized spacial score (nSPS) is 10.4. The molecule has 0 aliphatic carbocycles. The second kappa shape index (κ2) is 9.91. The van der Waals surface area contributed by atoms with Crippen LogP contribution in [0, 0.1) is 0 Å². The highest BCUT2D eigenvalue weighted by atomic mass is 35.5. The number of benzene rings is 2. The fourth-order valence-electron chi connectivity index (χ4n) is 2.21. The molecule has 2 aromatic carbocycles. The van der Waals surface area contributed by atoms with Crippen LogP contribution in [0.2, 0.25) is 0 Å². The summed E-state index contributed by atoms with van der Waals surface area (Å²) < 4.78 is 21.8. The highest BCUT2D eigenvalue weighted by Gasteiger charge is 2.17. The van der Waals surface area contributed by atoms with E-state index in [2.05, 4.69) is 0 Å². The number of halogens is 1. The van der Waals surface area contributed by atoms with E-state index in [4.69, 9.17) is 30.5 Å². The van der Waals surface area contributed by atoms with Crippen LogP contribution in [-0.2, 0) is 11.3 Å². The maximum atomic E-state index is 11.7. The maximum absolute atomic E-state index is 11.7. The van der Waals surface area contributed by atoms with Crippen molar-refractivity contribution in [1.29, 1.82) is 0 Å². The lowest BCUT2D eigenvalue weighted by Gasteiger charge is -2.15. The van der Waals surface area contributed by atoms with E-state index in [1.165, 1.54) is 13.2 Å². The smallest absolute Gasteiger partial charge is 0.256 e. The molecule has 25 heavy (non-hydrogen) atoms. The molecule has 0 atom stereocenters. The van der Waals surface area contributed by atoms with Crippen LogP contribution in [0.15, 0.2) is 42.5 Å². The van der Waals surface area contributed by atoms with Gasteiger partial charge in [-0.3, -0.25) is 4.79 Å². The highest BCUT2D eigenvalue weighted by Crippen LogP contribution is 2.36. The fraction of sp³-hybridized carbons (Fsp3) is 0.316. The van der Waals surface area contributed by atoms with Crippen LogP contribution in [-0.4, -0.2) is 32.7 Å². The number of hydrogen-bond donors (Lipinski definition) is 0. The molecule has 6 heteroatoms. The van der Waals surface area contributed by atoms with E-state index in [1.807, 2.05) is 30.3 Å². The van der Waals surface area contributed by atoms with Gasteiger partial charge in [0.2, 0.25) is 0 Å². The van der Waals surface area contributed by atoms with Crippen molar-refractivity contribution < 1.29 is 23.7 Å². The van der Waals surface area contributed by atoms with Gasteiger partial charge in [-0.1, -0.05) is 30.3 Å². The lowest BCUT2D eigenvalue weighted by atomic mass is 10.2. The zero-order chi connectivity index (χ0) is 18.1. The minimum absolute atomic E-state index is 0.235. The van der Waals surface area contributed by atoms with Gasteiger partial charge in [0.1, 0.15) is 12.4 Å². The first kappa shape index (κ1) is 19.1. The summed E-state index contributed by atoms with van der Waals surface area (Å²) in [6.45, 7) is 1.36. The Kier molecular flexibility index (Phi) is 7.57. The average Bonchev–Trinajstić information content (AvgIpc) is 2.64. The molecule has 0 aliphatic rings. The molecule has 0 saturated carbocycles. The quantitative estimate of drug-likeness (QED) is 0.470. The molecule has 0 bridgehead atoms. The summed E-state index contributed by atoms with van der Waals surface area (Å²) in [6, 6.07) is 12.8. The first-order valence-electron chi connectivity index (χ1n) is 7.86. The summed E-state index contributed by atoms with van der Waals surface area (Å²) in [4.78, 5) is 11.7. The van der Waals surface area contributed by atoms with Crippen LogP contribution in [0.5, 0.6) is 17.2 Å². The predicted molar refractivity (Wildman–Crippen MR) is 95.9 cm³/mol. The molecule has 0 radical (unpaired) electrons. The molecule has 0 heterocycles. The van der Waals surface area contributed by atoms with Crippen molar-refractivity contribution in [2.75, 3.05) is 27.4 Å². The predicted octanol–water partition coefficient (Wildman–Crippen LogP) is 4.07. The van der Waals surface area contributed by atoms with Gasteiger partial charge >= 0.3 is 0 Å². The Hall–Kier alpha value is -2.24. The molecular weight excluding hydrogens is 344 g/mol. The van der Waals surface area contributed by atoms with Gasteiger partial charge in [-0.2, -0.15) is 0 Å². The Balaban J connectivity index is 2.20. The Bertz CT molecular complexity index is 688. The van der Waals surface area contributed by atoms with E-state index >= 15 is 0 Å². The molecule has 0 unspecified atom stereocenters. The Morgan fingerprint density at radius 1 is 0.960 bits per heavy atom. The minimum Gasteiger partial charge on any atom is -0.493 e. The van der Waals surface area contributed by atoms with Crippen molar-refractivity contribution in [2.24, 2.45) is 0 Å². The molecule has 0 spiro atoms. The summed E-state index contributed by atoms with van der Waals surface area (Å²) in [7, 11) is 3.14. The van der Waals surface area contributed by atoms with Crippen LogP contribution < -0.4 is 14.2 Å². The summed E-state index contributed by atoms with van der Waals surface area (Å²) in [6.07, 6.45) is 0.732. The van der Waals surface area contributed by atoms with Crippen molar-refractivity contribution in [2.45, 2.75) is 13.0 Å². The van der Waals surface area contributed by atoms with Crippen LogP contribution in [0.3, 0.4) is 0 Å². The van der Waals surface area contributed by atoms with E-state index in [0.29, 0.717) is 37.1 Å². The second-order valence-electron chi connectivity index (χ2n) is 5.24. The van der Waals surface area contributed by atoms with E-state index in [9.17, 15) is 4.79 Å². The summed E-state index contributed by atoms with van der Waals surface area (Å²) in [5.41, 5.74) is 1.22. The topological polar surface area (TPSA) is 54.0 Å². The molecule has 0 fully saturated rings. The molecule has 0 aromatic heterocycles. The highest BCUT2D eigenvalue weighted by molar-refractivity contribution is 6.68. The zero-order valence-corrected chi connectivity index (χ0v) is 15.0. The van der Waals surface area contributed by atoms with Crippen molar-refractivity contribution in [3.8, 4) is 17.2 Å². The minimum atomic E-state index is -0.618. The van der Waals surface area contributed by atoms with Gasteiger partial charge in [0.05, 0.1) is 19.3 Å². The van der Waals surface area contributed by atoms with Crippen molar-refractivity contribution in [3.63, 3.8) is 0 Å². The van der Waals surface area contributed by atoms with Crippen molar-refractivity contribution in [3.05, 3.63) is 53.6 Å². The average molecular weight is 365 g/mol. The van der Waals surface area contributed by atoms with Crippen LogP contribution >= 0.6 is 11.6 Å². The van der Waals surface area contributed by atoms with E-state index in [-0.39, 0.29) is 5.56 Å². The van der Waals surface area contributed by atoms with Crippen LogP contribution in [0.1, 0.15) is 22.3 Å². The largest absolute Gasteiger partial charge is 0.493 e. The number of ether oxygens (including phenoxy) is 4. The lowest BCUT2D eigenvalue weighted by molar-refractivity contribution is 0.107. The third-order valence-electron chi connectivity index (χ3n) is 3.47. The SMILES string of the molecule is COCCCOc1cc(OCc2ccccc2)c(C(=O)Cl)cc1OC. The number of carbonyl (C=O) groups is 1. The number of hydrogen-bond acceptors (Lipinski definition) is 5. The lowest BCUT2D eigenvalue weighted by Crippen LogP contribution is -2.05. The van der Waals surface area contributed by atoms with Gasteiger partial charge in [-0.25, -0.2) is 0 Å².